The van der Waals surface area contributed by atoms with Crippen LogP contribution in [-0.2, 0) is 14.3 Å². The van der Waals surface area contributed by atoms with E-state index < -0.39 is 5.92 Å². The number of allylic oxidation sites excluding steroid dienone is 4. The van der Waals surface area contributed by atoms with Crippen LogP contribution in [0.3, 0.4) is 0 Å². The number of nitrogens with zero attached hydrogens (tertiary/aromatic N) is 1. The number of methoxy groups -OCH3 is 1. The van der Waals surface area contributed by atoms with Gasteiger partial charge in [0.05, 0.1) is 6.61 Å². The third-order valence-electron chi connectivity index (χ3n) is 7.18. The number of Topliss-reactive ketones (excluding diaryl/α,β-unsaturated/α-hetero) is 2. The van der Waals surface area contributed by atoms with Crippen molar-refractivity contribution in [3.63, 3.8) is 0 Å². The van der Waals surface area contributed by atoms with Crippen LogP contribution >= 0.6 is 15.9 Å². The molecule has 0 spiro atoms. The van der Waals surface area contributed by atoms with Gasteiger partial charge in [0.1, 0.15) is 12.4 Å². The predicted molar refractivity (Wildman–Crippen MR) is 141 cm³/mol. The molecule has 1 aromatic carbocycles. The summed E-state index contributed by atoms with van der Waals surface area (Å²) in [7, 11) is 1.69. The Morgan fingerprint density at radius 3 is 2.11 bits per heavy atom. The molecule has 0 saturated carbocycles. The van der Waals surface area contributed by atoms with E-state index in [0.29, 0.717) is 38.3 Å². The topological polar surface area (TPSA) is 55.8 Å². The molecule has 1 aromatic rings. The van der Waals surface area contributed by atoms with E-state index in [2.05, 4.69) is 55.1 Å². The van der Waals surface area contributed by atoms with Crippen LogP contribution in [0.25, 0.3) is 0 Å². The minimum absolute atomic E-state index is 0.113. The fourth-order valence-corrected chi connectivity index (χ4v) is 6.22. The second kappa shape index (κ2) is 9.70. The molecule has 0 radical (unpaired) electrons. The molecular weight excluding hydrogens is 506 g/mol. The number of rotatable bonds is 7. The number of carbonyl (C=O) groups is 2. The van der Waals surface area contributed by atoms with Crippen molar-refractivity contribution in [3.05, 3.63) is 63.4 Å². The van der Waals surface area contributed by atoms with Crippen molar-refractivity contribution >= 4 is 27.5 Å². The van der Waals surface area contributed by atoms with Crippen molar-refractivity contribution in [3.8, 4) is 5.75 Å². The summed E-state index contributed by atoms with van der Waals surface area (Å²) in [6.07, 6.45) is 4.17. The van der Waals surface area contributed by atoms with Crippen molar-refractivity contribution in [1.82, 2.24) is 4.90 Å². The van der Waals surface area contributed by atoms with E-state index in [4.69, 9.17) is 9.47 Å². The summed E-state index contributed by atoms with van der Waals surface area (Å²) in [6.45, 7) is 13.9. The summed E-state index contributed by atoms with van der Waals surface area (Å²) in [5.74, 6) is 0.464. The van der Waals surface area contributed by atoms with Crippen LogP contribution in [-0.4, -0.2) is 43.3 Å². The van der Waals surface area contributed by atoms with Gasteiger partial charge in [-0.3, -0.25) is 9.59 Å². The smallest absolute Gasteiger partial charge is 0.162 e. The molecule has 0 N–H and O–H groups in total. The van der Waals surface area contributed by atoms with Gasteiger partial charge in [0, 0.05) is 65.0 Å². The summed E-state index contributed by atoms with van der Waals surface area (Å²) < 4.78 is 12.4. The molecule has 0 fully saturated rings. The zero-order valence-electron chi connectivity index (χ0n) is 21.5. The lowest BCUT2D eigenvalue weighted by Gasteiger charge is -2.49. The molecule has 1 aliphatic heterocycles. The Morgan fingerprint density at radius 1 is 1.03 bits per heavy atom. The third kappa shape index (κ3) is 5.05. The van der Waals surface area contributed by atoms with Gasteiger partial charge in [-0.2, -0.15) is 0 Å². The van der Waals surface area contributed by atoms with Gasteiger partial charge in [0.2, 0.25) is 0 Å². The van der Waals surface area contributed by atoms with Crippen LogP contribution < -0.4 is 4.74 Å². The Kier molecular flexibility index (Phi) is 7.18. The molecule has 3 aliphatic rings. The summed E-state index contributed by atoms with van der Waals surface area (Å²) in [5, 5.41) is 0. The van der Waals surface area contributed by atoms with Gasteiger partial charge < -0.3 is 14.4 Å². The van der Waals surface area contributed by atoms with E-state index in [-0.39, 0.29) is 22.4 Å². The molecule has 1 heterocycles. The van der Waals surface area contributed by atoms with Crippen molar-refractivity contribution < 1.29 is 19.1 Å². The molecule has 0 amide bonds. The number of ether oxygens (including phenoxy) is 2. The maximum Gasteiger partial charge on any atom is 0.162 e. The normalized spacial score (nSPS) is 21.7. The van der Waals surface area contributed by atoms with Crippen LogP contribution in [0.4, 0.5) is 0 Å². The first kappa shape index (κ1) is 25.9. The maximum absolute atomic E-state index is 13.8. The van der Waals surface area contributed by atoms with Crippen molar-refractivity contribution in [1.29, 1.82) is 0 Å². The lowest BCUT2D eigenvalue weighted by molar-refractivity contribution is -0.119. The molecule has 6 heteroatoms. The second-order valence-electron chi connectivity index (χ2n) is 11.5. The van der Waals surface area contributed by atoms with Gasteiger partial charge in [-0.25, -0.2) is 0 Å². The maximum atomic E-state index is 13.8. The minimum atomic E-state index is -0.441. The average molecular weight is 543 g/mol. The lowest BCUT2D eigenvalue weighted by atomic mass is 9.63. The van der Waals surface area contributed by atoms with Gasteiger partial charge in [-0.05, 0) is 41.9 Å². The SMILES string of the molecule is C=CCOc1ccc(Br)cc1C1C2=C(CC(C)(C)CC2=O)N(CCOC)C2=C1C(=O)CC(C)(C)C2. The quantitative estimate of drug-likeness (QED) is 0.376. The number of ketones is 2. The molecule has 4 rings (SSSR count). The highest BCUT2D eigenvalue weighted by molar-refractivity contribution is 9.10. The lowest BCUT2D eigenvalue weighted by Crippen LogP contribution is -2.45. The molecule has 35 heavy (non-hydrogen) atoms. The van der Waals surface area contributed by atoms with E-state index in [1.54, 1.807) is 13.2 Å². The Labute approximate surface area is 217 Å². The van der Waals surface area contributed by atoms with Gasteiger partial charge in [0.15, 0.2) is 11.6 Å². The predicted octanol–water partition coefficient (Wildman–Crippen LogP) is 6.35. The number of hydrogen-bond acceptors (Lipinski definition) is 5. The van der Waals surface area contributed by atoms with Gasteiger partial charge in [0.25, 0.3) is 0 Å². The monoisotopic (exact) mass is 541 g/mol. The van der Waals surface area contributed by atoms with Crippen LogP contribution in [0, 0.1) is 10.8 Å². The molecule has 0 unspecified atom stereocenters. The second-order valence-corrected chi connectivity index (χ2v) is 12.4. The van der Waals surface area contributed by atoms with Crippen molar-refractivity contribution in [2.24, 2.45) is 10.8 Å². The molecule has 0 saturated heterocycles. The third-order valence-corrected chi connectivity index (χ3v) is 7.67. The van der Waals surface area contributed by atoms with Gasteiger partial charge in [-0.1, -0.05) is 56.3 Å². The zero-order chi connectivity index (χ0) is 25.5. The Balaban J connectivity index is 2.01. The Hall–Kier alpha value is -2.18. The van der Waals surface area contributed by atoms with Crippen LogP contribution in [0.1, 0.15) is 64.9 Å². The van der Waals surface area contributed by atoms with E-state index in [1.165, 1.54) is 0 Å². The summed E-state index contributed by atoms with van der Waals surface area (Å²) >= 11 is 3.62. The van der Waals surface area contributed by atoms with Gasteiger partial charge >= 0.3 is 0 Å². The fourth-order valence-electron chi connectivity index (χ4n) is 5.84. The molecule has 0 atom stereocenters. The van der Waals surface area contributed by atoms with Crippen LogP contribution in [0.5, 0.6) is 5.75 Å². The summed E-state index contributed by atoms with van der Waals surface area (Å²) in [5.41, 5.74) is 4.10. The molecule has 188 valence electrons. The van der Waals surface area contributed by atoms with Crippen LogP contribution in [0.2, 0.25) is 0 Å². The first-order valence-corrected chi connectivity index (χ1v) is 13.1. The van der Waals surface area contributed by atoms with E-state index in [1.807, 2.05) is 18.2 Å². The minimum Gasteiger partial charge on any atom is -0.489 e. The zero-order valence-corrected chi connectivity index (χ0v) is 23.1. The number of carbonyl (C=O) groups excluding carboxylic acids is 2. The highest BCUT2D eigenvalue weighted by Crippen LogP contribution is 2.55. The highest BCUT2D eigenvalue weighted by Gasteiger charge is 2.49. The van der Waals surface area contributed by atoms with Crippen molar-refractivity contribution in [2.45, 2.75) is 59.3 Å². The molecular formula is C29H36BrNO4. The molecule has 2 aliphatic carbocycles. The number of halogens is 1. The molecule has 5 nitrogen and oxygen atoms in total. The summed E-state index contributed by atoms with van der Waals surface area (Å²) in [6, 6.07) is 5.84. The fraction of sp³-hybridized carbons (Fsp3) is 0.517. The van der Waals surface area contributed by atoms with E-state index in [0.717, 1.165) is 45.4 Å². The highest BCUT2D eigenvalue weighted by atomic mass is 79.9. The first-order valence-electron chi connectivity index (χ1n) is 12.3. The Morgan fingerprint density at radius 2 is 1.60 bits per heavy atom. The average Bonchev–Trinajstić information content (AvgIpc) is 2.74. The first-order chi connectivity index (χ1) is 16.5. The van der Waals surface area contributed by atoms with E-state index in [9.17, 15) is 9.59 Å². The van der Waals surface area contributed by atoms with Gasteiger partial charge in [-0.15, -0.1) is 0 Å². The van der Waals surface area contributed by atoms with E-state index >= 15 is 0 Å². The number of benzene rings is 1. The van der Waals surface area contributed by atoms with Crippen LogP contribution in [0.15, 0.2) is 57.9 Å². The molecule has 0 bridgehead atoms. The standard InChI is InChI=1S/C29H36BrNO4/c1-7-11-35-24-9-8-18(30)13-19(24)25-26-20(14-28(2,3)16-22(26)32)31(10-12-34-6)21-15-29(4,5)17-23(33)27(21)25/h7-9,13,25H,1,10-12,14-17H2,2-6H3. The molecule has 0 aromatic heterocycles. The Bertz CT molecular complexity index is 1070. The van der Waals surface area contributed by atoms with Crippen molar-refractivity contribution in [2.75, 3.05) is 26.9 Å². The largest absolute Gasteiger partial charge is 0.489 e. The number of hydrogen-bond donors (Lipinski definition) is 0. The summed E-state index contributed by atoms with van der Waals surface area (Å²) in [4.78, 5) is 29.9.